The third kappa shape index (κ3) is 3.22. The third-order valence-corrected chi connectivity index (χ3v) is 3.31. The zero-order chi connectivity index (χ0) is 14.0. The predicted octanol–water partition coefficient (Wildman–Crippen LogP) is 1.76. The van der Waals surface area contributed by atoms with Crippen LogP contribution in [0.2, 0.25) is 0 Å². The van der Waals surface area contributed by atoms with Gasteiger partial charge in [0.05, 0.1) is 5.92 Å². The average molecular weight is 281 g/mol. The Morgan fingerprint density at radius 3 is 2.17 bits per heavy atom. The molecule has 1 rings (SSSR count). The smallest absolute Gasteiger partial charge is 0.273 e. The molecule has 0 aliphatic rings. The van der Waals surface area contributed by atoms with Gasteiger partial charge < -0.3 is 0 Å². The number of amides is 1. The fourth-order valence-electron chi connectivity index (χ4n) is 1.17. The van der Waals surface area contributed by atoms with E-state index in [9.17, 15) is 26.4 Å². The SMILES string of the molecule is CC(C(=O)NS(=O)(=O)C(F)(F)F)c1ccccc1. The normalized spacial score (nSPS) is 14.0. The Morgan fingerprint density at radius 2 is 1.72 bits per heavy atom. The first-order valence-electron chi connectivity index (χ1n) is 4.83. The van der Waals surface area contributed by atoms with Crippen molar-refractivity contribution in [2.45, 2.75) is 18.3 Å². The van der Waals surface area contributed by atoms with Crippen molar-refractivity contribution in [2.24, 2.45) is 0 Å². The lowest BCUT2D eigenvalue weighted by atomic mass is 10.0. The molecule has 1 aromatic carbocycles. The van der Waals surface area contributed by atoms with Crippen LogP contribution < -0.4 is 4.72 Å². The van der Waals surface area contributed by atoms with Gasteiger partial charge in [-0.3, -0.25) is 4.79 Å². The summed E-state index contributed by atoms with van der Waals surface area (Å²) in [6.45, 7) is 1.32. The molecule has 0 spiro atoms. The molecule has 4 nitrogen and oxygen atoms in total. The highest BCUT2D eigenvalue weighted by Gasteiger charge is 2.47. The number of benzene rings is 1. The monoisotopic (exact) mass is 281 g/mol. The van der Waals surface area contributed by atoms with Crippen LogP contribution in [0.15, 0.2) is 30.3 Å². The van der Waals surface area contributed by atoms with Gasteiger partial charge in [-0.15, -0.1) is 0 Å². The van der Waals surface area contributed by atoms with Gasteiger partial charge in [0.2, 0.25) is 5.91 Å². The maximum Gasteiger partial charge on any atom is 0.516 e. The van der Waals surface area contributed by atoms with E-state index >= 15 is 0 Å². The fourth-order valence-corrected chi connectivity index (χ4v) is 1.73. The van der Waals surface area contributed by atoms with Crippen LogP contribution in [-0.4, -0.2) is 19.8 Å². The zero-order valence-electron chi connectivity index (χ0n) is 9.23. The van der Waals surface area contributed by atoms with E-state index in [2.05, 4.69) is 0 Å². The van der Waals surface area contributed by atoms with Gasteiger partial charge in [-0.1, -0.05) is 30.3 Å². The topological polar surface area (TPSA) is 63.2 Å². The van der Waals surface area contributed by atoms with E-state index in [1.165, 1.54) is 19.1 Å². The van der Waals surface area contributed by atoms with Crippen LogP contribution in [-0.2, 0) is 14.8 Å². The van der Waals surface area contributed by atoms with E-state index < -0.39 is 27.4 Å². The molecule has 100 valence electrons. The number of hydrogen-bond acceptors (Lipinski definition) is 3. The van der Waals surface area contributed by atoms with Gasteiger partial charge in [0, 0.05) is 0 Å². The molecule has 1 amide bonds. The molecule has 1 N–H and O–H groups in total. The minimum atomic E-state index is -5.65. The molecule has 8 heteroatoms. The van der Waals surface area contributed by atoms with Gasteiger partial charge >= 0.3 is 15.5 Å². The zero-order valence-corrected chi connectivity index (χ0v) is 10.0. The number of rotatable bonds is 3. The molecule has 0 aliphatic heterocycles. The minimum Gasteiger partial charge on any atom is -0.273 e. The van der Waals surface area contributed by atoms with E-state index in [0.717, 1.165) is 4.72 Å². The summed E-state index contributed by atoms with van der Waals surface area (Å²) in [5.41, 5.74) is -5.08. The van der Waals surface area contributed by atoms with E-state index in [1.807, 2.05) is 0 Å². The summed E-state index contributed by atoms with van der Waals surface area (Å²) in [7, 11) is -5.65. The number of nitrogens with one attached hydrogen (secondary N) is 1. The number of hydrogen-bond donors (Lipinski definition) is 1. The Balaban J connectivity index is 2.86. The quantitative estimate of drug-likeness (QED) is 0.918. The largest absolute Gasteiger partial charge is 0.516 e. The van der Waals surface area contributed by atoms with Crippen LogP contribution in [0.3, 0.4) is 0 Å². The summed E-state index contributed by atoms with van der Waals surface area (Å²) in [5.74, 6) is -2.22. The lowest BCUT2D eigenvalue weighted by Crippen LogP contribution is -2.41. The Bertz CT molecular complexity index is 525. The first kappa shape index (κ1) is 14.5. The van der Waals surface area contributed by atoms with Crippen molar-refractivity contribution in [3.8, 4) is 0 Å². The molecule has 0 aromatic heterocycles. The molecule has 0 bridgehead atoms. The molecule has 18 heavy (non-hydrogen) atoms. The molecule has 0 saturated carbocycles. The van der Waals surface area contributed by atoms with Gasteiger partial charge in [-0.25, -0.2) is 4.72 Å². The van der Waals surface area contributed by atoms with Crippen molar-refractivity contribution < 1.29 is 26.4 Å². The molecule has 1 unspecified atom stereocenters. The Hall–Kier alpha value is -1.57. The van der Waals surface area contributed by atoms with Crippen LogP contribution in [0.5, 0.6) is 0 Å². The predicted molar refractivity (Wildman–Crippen MR) is 58.0 cm³/mol. The number of halogens is 3. The number of carbonyl (C=O) groups is 1. The summed E-state index contributed by atoms with van der Waals surface area (Å²) in [4.78, 5) is 11.4. The van der Waals surface area contributed by atoms with Crippen molar-refractivity contribution in [1.29, 1.82) is 0 Å². The lowest BCUT2D eigenvalue weighted by molar-refractivity contribution is -0.121. The lowest BCUT2D eigenvalue weighted by Gasteiger charge is -2.14. The molecule has 0 radical (unpaired) electrons. The summed E-state index contributed by atoms with van der Waals surface area (Å²) in [6.07, 6.45) is 0. The standard InChI is InChI=1S/C10H10F3NO3S/c1-7(8-5-3-2-4-6-8)9(15)14-18(16,17)10(11,12)13/h2-7H,1H3,(H,14,15). The first-order valence-corrected chi connectivity index (χ1v) is 6.31. The summed E-state index contributed by atoms with van der Waals surface area (Å²) in [6, 6.07) is 7.89. The van der Waals surface area contributed by atoms with E-state index in [0.29, 0.717) is 5.56 Å². The van der Waals surface area contributed by atoms with E-state index in [1.54, 1.807) is 18.2 Å². The second-order valence-electron chi connectivity index (χ2n) is 3.55. The second kappa shape index (κ2) is 4.97. The van der Waals surface area contributed by atoms with Gasteiger partial charge in [0.25, 0.3) is 0 Å². The van der Waals surface area contributed by atoms with Crippen molar-refractivity contribution in [2.75, 3.05) is 0 Å². The highest BCUT2D eigenvalue weighted by molar-refractivity contribution is 7.90. The first-order chi connectivity index (χ1) is 8.15. The Kier molecular flexibility index (Phi) is 4.00. The maximum absolute atomic E-state index is 12.1. The van der Waals surface area contributed by atoms with Gasteiger partial charge in [0.1, 0.15) is 0 Å². The van der Waals surface area contributed by atoms with Gasteiger partial charge in [-0.05, 0) is 12.5 Å². The molecular formula is C10H10F3NO3S. The van der Waals surface area contributed by atoms with E-state index in [-0.39, 0.29) is 0 Å². The highest BCUT2D eigenvalue weighted by Crippen LogP contribution is 2.23. The van der Waals surface area contributed by atoms with Crippen LogP contribution >= 0.6 is 0 Å². The van der Waals surface area contributed by atoms with Crippen molar-refractivity contribution in [3.05, 3.63) is 35.9 Å². The van der Waals surface area contributed by atoms with E-state index in [4.69, 9.17) is 0 Å². The van der Waals surface area contributed by atoms with Gasteiger partial charge in [0.15, 0.2) is 0 Å². The Morgan fingerprint density at radius 1 is 1.22 bits per heavy atom. The second-order valence-corrected chi connectivity index (χ2v) is 5.22. The van der Waals surface area contributed by atoms with Crippen LogP contribution in [0.4, 0.5) is 13.2 Å². The molecule has 1 atom stereocenters. The Labute approximate surface area is 102 Å². The van der Waals surface area contributed by atoms with Crippen molar-refractivity contribution >= 4 is 15.9 Å². The molecule has 0 fully saturated rings. The van der Waals surface area contributed by atoms with Gasteiger partial charge in [-0.2, -0.15) is 21.6 Å². The van der Waals surface area contributed by atoms with Crippen molar-refractivity contribution in [3.63, 3.8) is 0 Å². The highest BCUT2D eigenvalue weighted by atomic mass is 32.2. The molecule has 0 heterocycles. The van der Waals surface area contributed by atoms with Crippen LogP contribution in [0.1, 0.15) is 18.4 Å². The van der Waals surface area contributed by atoms with Crippen LogP contribution in [0, 0.1) is 0 Å². The third-order valence-electron chi connectivity index (χ3n) is 2.23. The average Bonchev–Trinajstić information content (AvgIpc) is 2.27. The minimum absolute atomic E-state index is 0.423. The van der Waals surface area contributed by atoms with Crippen LogP contribution in [0.25, 0.3) is 0 Å². The molecular weight excluding hydrogens is 271 g/mol. The number of carbonyl (C=O) groups excluding carboxylic acids is 1. The summed E-state index contributed by atoms with van der Waals surface area (Å²) < 4.78 is 58.7. The number of sulfonamides is 1. The molecule has 0 saturated heterocycles. The fraction of sp³-hybridized carbons (Fsp3) is 0.300. The summed E-state index contributed by atoms with van der Waals surface area (Å²) in [5, 5.41) is 0. The maximum atomic E-state index is 12.1. The van der Waals surface area contributed by atoms with Crippen molar-refractivity contribution in [1.82, 2.24) is 4.72 Å². The summed E-state index contributed by atoms with van der Waals surface area (Å²) >= 11 is 0. The molecule has 0 aliphatic carbocycles. The molecule has 1 aromatic rings. The number of alkyl halides is 3.